The Morgan fingerprint density at radius 1 is 1.24 bits per heavy atom. The first-order valence-corrected chi connectivity index (χ1v) is 8.97. The van der Waals surface area contributed by atoms with E-state index in [2.05, 4.69) is 29.7 Å². The zero-order valence-corrected chi connectivity index (χ0v) is 14.8. The van der Waals surface area contributed by atoms with E-state index in [1.54, 1.807) is 0 Å². The van der Waals surface area contributed by atoms with Crippen LogP contribution in [0.2, 0.25) is 0 Å². The first-order chi connectivity index (χ1) is 12.2. The first-order valence-electron chi connectivity index (χ1n) is 8.97. The van der Waals surface area contributed by atoms with E-state index < -0.39 is 0 Å². The fraction of sp³-hybridized carbons (Fsp3) is 0.381. The van der Waals surface area contributed by atoms with Crippen molar-refractivity contribution in [1.82, 2.24) is 10.6 Å². The SMILES string of the molecule is Cc1ccccc1COc1cccc(CC(=O)N[C@H]2CCCNC2)c1. The highest BCUT2D eigenvalue weighted by Crippen LogP contribution is 2.17. The van der Waals surface area contributed by atoms with Crippen molar-refractivity contribution >= 4 is 5.91 Å². The largest absolute Gasteiger partial charge is 0.489 e. The van der Waals surface area contributed by atoms with E-state index in [4.69, 9.17) is 4.74 Å². The molecule has 0 unspecified atom stereocenters. The summed E-state index contributed by atoms with van der Waals surface area (Å²) >= 11 is 0. The van der Waals surface area contributed by atoms with Crippen molar-refractivity contribution in [2.75, 3.05) is 13.1 Å². The summed E-state index contributed by atoms with van der Waals surface area (Å²) in [6.07, 6.45) is 2.56. The third kappa shape index (κ3) is 5.33. The number of nitrogens with one attached hydrogen (secondary N) is 2. The molecule has 0 bridgehead atoms. The third-order valence-electron chi connectivity index (χ3n) is 4.58. The van der Waals surface area contributed by atoms with Crippen LogP contribution in [-0.2, 0) is 17.8 Å². The van der Waals surface area contributed by atoms with Gasteiger partial charge in [0.25, 0.3) is 0 Å². The average Bonchev–Trinajstić information content (AvgIpc) is 2.62. The predicted molar refractivity (Wildman–Crippen MR) is 99.7 cm³/mol. The van der Waals surface area contributed by atoms with Gasteiger partial charge in [-0.05, 0) is 55.1 Å². The van der Waals surface area contributed by atoms with Gasteiger partial charge in [-0.3, -0.25) is 4.79 Å². The zero-order chi connectivity index (χ0) is 17.5. The first kappa shape index (κ1) is 17.5. The number of ether oxygens (including phenoxy) is 1. The summed E-state index contributed by atoms with van der Waals surface area (Å²) in [6.45, 7) is 4.54. The van der Waals surface area contributed by atoms with Crippen molar-refractivity contribution in [2.24, 2.45) is 0 Å². The Kier molecular flexibility index (Phi) is 6.07. The maximum Gasteiger partial charge on any atom is 0.224 e. The van der Waals surface area contributed by atoms with E-state index in [-0.39, 0.29) is 11.9 Å². The van der Waals surface area contributed by atoms with Gasteiger partial charge in [0.05, 0.1) is 6.42 Å². The monoisotopic (exact) mass is 338 g/mol. The van der Waals surface area contributed by atoms with Crippen LogP contribution in [0.15, 0.2) is 48.5 Å². The summed E-state index contributed by atoms with van der Waals surface area (Å²) in [6, 6.07) is 16.3. The van der Waals surface area contributed by atoms with Gasteiger partial charge in [-0.15, -0.1) is 0 Å². The van der Waals surface area contributed by atoms with E-state index in [0.29, 0.717) is 13.0 Å². The Morgan fingerprint density at radius 3 is 2.92 bits per heavy atom. The van der Waals surface area contributed by atoms with Gasteiger partial charge < -0.3 is 15.4 Å². The van der Waals surface area contributed by atoms with Gasteiger partial charge in [-0.2, -0.15) is 0 Å². The van der Waals surface area contributed by atoms with Crippen molar-refractivity contribution in [3.05, 3.63) is 65.2 Å². The van der Waals surface area contributed by atoms with E-state index in [1.165, 1.54) is 11.1 Å². The summed E-state index contributed by atoms with van der Waals surface area (Å²) < 4.78 is 5.90. The van der Waals surface area contributed by atoms with Crippen LogP contribution in [0.25, 0.3) is 0 Å². The van der Waals surface area contributed by atoms with Crippen LogP contribution in [-0.4, -0.2) is 25.0 Å². The van der Waals surface area contributed by atoms with Crippen LogP contribution in [0, 0.1) is 6.92 Å². The van der Waals surface area contributed by atoms with Crippen molar-refractivity contribution in [3.63, 3.8) is 0 Å². The van der Waals surface area contributed by atoms with Gasteiger partial charge in [-0.25, -0.2) is 0 Å². The van der Waals surface area contributed by atoms with Gasteiger partial charge in [-0.1, -0.05) is 36.4 Å². The minimum absolute atomic E-state index is 0.0738. The minimum Gasteiger partial charge on any atom is -0.489 e. The molecule has 25 heavy (non-hydrogen) atoms. The fourth-order valence-electron chi connectivity index (χ4n) is 3.12. The molecular formula is C21H26N2O2. The molecule has 1 aliphatic heterocycles. The molecule has 1 fully saturated rings. The number of rotatable bonds is 6. The molecule has 4 heteroatoms. The number of piperidine rings is 1. The summed E-state index contributed by atoms with van der Waals surface area (Å²) in [5.74, 6) is 0.873. The number of benzene rings is 2. The Morgan fingerprint density at radius 2 is 2.12 bits per heavy atom. The molecule has 1 saturated heterocycles. The van der Waals surface area contributed by atoms with Crippen LogP contribution in [0.1, 0.15) is 29.5 Å². The van der Waals surface area contributed by atoms with E-state index in [1.807, 2.05) is 36.4 Å². The summed E-state index contributed by atoms with van der Waals surface area (Å²) in [4.78, 5) is 12.2. The normalized spacial score (nSPS) is 17.1. The minimum atomic E-state index is 0.0738. The molecule has 3 rings (SSSR count). The molecule has 0 spiro atoms. The fourth-order valence-corrected chi connectivity index (χ4v) is 3.12. The molecule has 2 N–H and O–H groups in total. The molecule has 2 aromatic rings. The van der Waals surface area contributed by atoms with E-state index in [0.717, 1.165) is 37.2 Å². The topological polar surface area (TPSA) is 50.4 Å². The molecule has 0 radical (unpaired) electrons. The second-order valence-electron chi connectivity index (χ2n) is 6.65. The molecule has 1 heterocycles. The lowest BCUT2D eigenvalue weighted by Crippen LogP contribution is -2.46. The maximum absolute atomic E-state index is 12.2. The Bertz CT molecular complexity index is 709. The van der Waals surface area contributed by atoms with Gasteiger partial charge in [0.15, 0.2) is 0 Å². The predicted octanol–water partition coefficient (Wildman–Crippen LogP) is 2.98. The van der Waals surface area contributed by atoms with Crippen molar-refractivity contribution in [2.45, 2.75) is 38.8 Å². The smallest absolute Gasteiger partial charge is 0.224 e. The zero-order valence-electron chi connectivity index (χ0n) is 14.8. The van der Waals surface area contributed by atoms with Crippen LogP contribution < -0.4 is 15.4 Å². The molecule has 1 amide bonds. The van der Waals surface area contributed by atoms with Crippen molar-refractivity contribution in [3.8, 4) is 5.75 Å². The molecule has 2 aromatic carbocycles. The van der Waals surface area contributed by atoms with Gasteiger partial charge in [0.1, 0.15) is 12.4 Å². The van der Waals surface area contributed by atoms with Gasteiger partial charge in [0, 0.05) is 12.6 Å². The second-order valence-corrected chi connectivity index (χ2v) is 6.65. The second kappa shape index (κ2) is 8.67. The van der Waals surface area contributed by atoms with Gasteiger partial charge >= 0.3 is 0 Å². The molecule has 132 valence electrons. The Balaban J connectivity index is 1.54. The lowest BCUT2D eigenvalue weighted by molar-refractivity contribution is -0.121. The highest BCUT2D eigenvalue weighted by Gasteiger charge is 2.15. The van der Waals surface area contributed by atoms with Crippen LogP contribution >= 0.6 is 0 Å². The van der Waals surface area contributed by atoms with Crippen LogP contribution in [0.5, 0.6) is 5.75 Å². The summed E-state index contributed by atoms with van der Waals surface area (Å²) in [5, 5.41) is 6.43. The molecule has 0 aromatic heterocycles. The molecule has 1 atom stereocenters. The lowest BCUT2D eigenvalue weighted by Gasteiger charge is -2.23. The van der Waals surface area contributed by atoms with Crippen LogP contribution in [0.4, 0.5) is 0 Å². The number of hydrogen-bond donors (Lipinski definition) is 2. The third-order valence-corrected chi connectivity index (χ3v) is 4.58. The van der Waals surface area contributed by atoms with Crippen LogP contribution in [0.3, 0.4) is 0 Å². The average molecular weight is 338 g/mol. The highest BCUT2D eigenvalue weighted by molar-refractivity contribution is 5.79. The standard InChI is InChI=1S/C21H26N2O2/c1-16-6-2-3-8-18(16)15-25-20-10-4-7-17(12-20)13-21(24)23-19-9-5-11-22-14-19/h2-4,6-8,10,12,19,22H,5,9,11,13-15H2,1H3,(H,23,24)/t19-/m0/s1. The van der Waals surface area contributed by atoms with Crippen molar-refractivity contribution in [1.29, 1.82) is 0 Å². The number of carbonyl (C=O) groups excluding carboxylic acids is 1. The summed E-state index contributed by atoms with van der Waals surface area (Å²) in [7, 11) is 0. The number of hydrogen-bond acceptors (Lipinski definition) is 3. The molecule has 4 nitrogen and oxygen atoms in total. The number of aryl methyl sites for hydroxylation is 1. The van der Waals surface area contributed by atoms with E-state index >= 15 is 0 Å². The molecule has 0 saturated carbocycles. The maximum atomic E-state index is 12.2. The molecule has 1 aliphatic rings. The quantitative estimate of drug-likeness (QED) is 0.851. The number of amides is 1. The lowest BCUT2D eigenvalue weighted by atomic mass is 10.1. The number of carbonyl (C=O) groups is 1. The Hall–Kier alpha value is -2.33. The highest BCUT2D eigenvalue weighted by atomic mass is 16.5. The summed E-state index contributed by atoms with van der Waals surface area (Å²) in [5.41, 5.74) is 3.37. The molecular weight excluding hydrogens is 312 g/mol. The molecule has 0 aliphatic carbocycles. The van der Waals surface area contributed by atoms with Crippen molar-refractivity contribution < 1.29 is 9.53 Å². The van der Waals surface area contributed by atoms with E-state index in [9.17, 15) is 4.79 Å². The Labute approximate surface area is 149 Å². The van der Waals surface area contributed by atoms with Gasteiger partial charge in [0.2, 0.25) is 5.91 Å².